The molecule has 20 heavy (non-hydrogen) atoms. The Balaban J connectivity index is 2.70. The Labute approximate surface area is 115 Å². The van der Waals surface area contributed by atoms with Gasteiger partial charge in [-0.2, -0.15) is 0 Å². The number of amides is 2. The normalized spacial score (nSPS) is 11.7. The highest BCUT2D eigenvalue weighted by Crippen LogP contribution is 2.12. The Bertz CT molecular complexity index is 498. The molecule has 6 heteroatoms. The Morgan fingerprint density at radius 2 is 1.95 bits per heavy atom. The average Bonchev–Trinajstić information content (AvgIpc) is 2.38. The number of hydrogen-bond acceptors (Lipinski definition) is 2. The molecule has 0 spiro atoms. The first kappa shape index (κ1) is 15.8. The molecular formula is C14H16F2N2O2. The zero-order valence-corrected chi connectivity index (χ0v) is 10.9. The van der Waals surface area contributed by atoms with E-state index in [1.165, 1.54) is 6.07 Å². The van der Waals surface area contributed by atoms with Gasteiger partial charge >= 0.3 is 0 Å². The summed E-state index contributed by atoms with van der Waals surface area (Å²) in [6, 6.07) is 2.46. The lowest BCUT2D eigenvalue weighted by molar-refractivity contribution is -0.127. The first-order valence-corrected chi connectivity index (χ1v) is 6.08. The van der Waals surface area contributed by atoms with Crippen LogP contribution < -0.4 is 11.1 Å². The van der Waals surface area contributed by atoms with Crippen molar-refractivity contribution in [2.75, 3.05) is 0 Å². The zero-order valence-electron chi connectivity index (χ0n) is 10.9. The molecule has 0 bridgehead atoms. The Hall–Kier alpha value is -2.24. The second kappa shape index (κ2) is 7.37. The van der Waals surface area contributed by atoms with Crippen LogP contribution in [0.15, 0.2) is 30.9 Å². The summed E-state index contributed by atoms with van der Waals surface area (Å²) in [7, 11) is 0. The van der Waals surface area contributed by atoms with Crippen LogP contribution in [-0.4, -0.2) is 17.9 Å². The van der Waals surface area contributed by atoms with Crippen molar-refractivity contribution in [1.82, 2.24) is 5.32 Å². The SMILES string of the molecule is C=CCC[C@@H](NC(=O)Cc1c(F)cccc1F)C(N)=O. The molecule has 0 unspecified atom stereocenters. The summed E-state index contributed by atoms with van der Waals surface area (Å²) in [4.78, 5) is 22.9. The maximum Gasteiger partial charge on any atom is 0.240 e. The Kier molecular flexibility index (Phi) is 5.83. The number of nitrogens with two attached hydrogens (primary N) is 1. The van der Waals surface area contributed by atoms with Gasteiger partial charge < -0.3 is 11.1 Å². The maximum atomic E-state index is 13.4. The summed E-state index contributed by atoms with van der Waals surface area (Å²) in [5.74, 6) is -2.97. The third-order valence-corrected chi connectivity index (χ3v) is 2.74. The number of carbonyl (C=O) groups is 2. The van der Waals surface area contributed by atoms with Gasteiger partial charge in [-0.25, -0.2) is 8.78 Å². The molecule has 0 radical (unpaired) electrons. The number of primary amides is 1. The Morgan fingerprint density at radius 1 is 1.35 bits per heavy atom. The summed E-state index contributed by atoms with van der Waals surface area (Å²) < 4.78 is 26.8. The fourth-order valence-corrected chi connectivity index (χ4v) is 1.68. The van der Waals surface area contributed by atoms with Crippen LogP contribution in [0.5, 0.6) is 0 Å². The smallest absolute Gasteiger partial charge is 0.240 e. The van der Waals surface area contributed by atoms with Crippen LogP contribution in [0.25, 0.3) is 0 Å². The summed E-state index contributed by atoms with van der Waals surface area (Å²) >= 11 is 0. The minimum Gasteiger partial charge on any atom is -0.368 e. The molecule has 4 nitrogen and oxygen atoms in total. The van der Waals surface area contributed by atoms with Gasteiger partial charge in [0.05, 0.1) is 6.42 Å². The first-order chi connectivity index (χ1) is 9.45. The molecule has 1 aromatic carbocycles. The highest BCUT2D eigenvalue weighted by atomic mass is 19.1. The highest BCUT2D eigenvalue weighted by Gasteiger charge is 2.19. The number of benzene rings is 1. The van der Waals surface area contributed by atoms with Crippen LogP contribution in [0, 0.1) is 11.6 Å². The third-order valence-electron chi connectivity index (χ3n) is 2.74. The monoisotopic (exact) mass is 282 g/mol. The van der Waals surface area contributed by atoms with Crippen molar-refractivity contribution in [1.29, 1.82) is 0 Å². The van der Waals surface area contributed by atoms with E-state index in [4.69, 9.17) is 5.73 Å². The van der Waals surface area contributed by atoms with E-state index in [-0.39, 0.29) is 5.56 Å². The van der Waals surface area contributed by atoms with Crippen molar-refractivity contribution in [3.63, 3.8) is 0 Å². The van der Waals surface area contributed by atoms with Crippen LogP contribution in [0.3, 0.4) is 0 Å². The van der Waals surface area contributed by atoms with E-state index in [2.05, 4.69) is 11.9 Å². The largest absolute Gasteiger partial charge is 0.368 e. The summed E-state index contributed by atoms with van der Waals surface area (Å²) in [6.07, 6.45) is 1.88. The number of nitrogens with one attached hydrogen (secondary N) is 1. The molecule has 3 N–H and O–H groups in total. The molecule has 108 valence electrons. The van der Waals surface area contributed by atoms with Gasteiger partial charge in [0.1, 0.15) is 17.7 Å². The minimum absolute atomic E-state index is 0.296. The molecule has 0 aliphatic heterocycles. The van der Waals surface area contributed by atoms with Gasteiger partial charge in [-0.05, 0) is 25.0 Å². The van der Waals surface area contributed by atoms with E-state index in [1.807, 2.05) is 0 Å². The molecule has 0 aliphatic rings. The molecule has 0 heterocycles. The van der Waals surface area contributed by atoms with Crippen molar-refractivity contribution in [2.45, 2.75) is 25.3 Å². The fraction of sp³-hybridized carbons (Fsp3) is 0.286. The summed E-state index contributed by atoms with van der Waals surface area (Å²) in [6.45, 7) is 3.50. The number of rotatable bonds is 7. The van der Waals surface area contributed by atoms with Crippen LogP contribution in [0.4, 0.5) is 8.78 Å². The predicted octanol–water partition coefficient (Wildman–Crippen LogP) is 1.44. The van der Waals surface area contributed by atoms with Gasteiger partial charge in [0, 0.05) is 5.56 Å². The number of hydrogen-bond donors (Lipinski definition) is 2. The standard InChI is InChI=1S/C14H16F2N2O2/c1-2-3-7-12(14(17)20)18-13(19)8-9-10(15)5-4-6-11(9)16/h2,4-6,12H,1,3,7-8H2,(H2,17,20)(H,18,19)/t12-/m1/s1. The van der Waals surface area contributed by atoms with E-state index in [1.54, 1.807) is 6.08 Å². The molecule has 0 aliphatic carbocycles. The van der Waals surface area contributed by atoms with E-state index in [0.717, 1.165) is 12.1 Å². The van der Waals surface area contributed by atoms with Crippen LogP contribution in [0.1, 0.15) is 18.4 Å². The average molecular weight is 282 g/mol. The molecule has 1 atom stereocenters. The van der Waals surface area contributed by atoms with Crippen molar-refractivity contribution < 1.29 is 18.4 Å². The van der Waals surface area contributed by atoms with Crippen molar-refractivity contribution in [3.8, 4) is 0 Å². The van der Waals surface area contributed by atoms with Crippen LogP contribution in [-0.2, 0) is 16.0 Å². The zero-order chi connectivity index (χ0) is 15.1. The molecule has 2 amide bonds. The number of halogens is 2. The van der Waals surface area contributed by atoms with Crippen molar-refractivity contribution in [3.05, 3.63) is 48.1 Å². The molecule has 0 fully saturated rings. The van der Waals surface area contributed by atoms with Crippen LogP contribution in [0.2, 0.25) is 0 Å². The molecule has 0 saturated carbocycles. The maximum absolute atomic E-state index is 13.4. The number of carbonyl (C=O) groups excluding carboxylic acids is 2. The second-order valence-electron chi connectivity index (χ2n) is 4.27. The highest BCUT2D eigenvalue weighted by molar-refractivity contribution is 5.87. The number of allylic oxidation sites excluding steroid dienone is 1. The molecule has 1 rings (SSSR count). The van der Waals surface area contributed by atoms with Crippen LogP contribution >= 0.6 is 0 Å². The van der Waals surface area contributed by atoms with Gasteiger partial charge in [-0.15, -0.1) is 6.58 Å². The molecule has 0 aromatic heterocycles. The van der Waals surface area contributed by atoms with Gasteiger partial charge in [0.15, 0.2) is 0 Å². The summed E-state index contributed by atoms with van der Waals surface area (Å²) in [5.41, 5.74) is 4.81. The van der Waals surface area contributed by atoms with Crippen molar-refractivity contribution >= 4 is 11.8 Å². The molecule has 1 aromatic rings. The first-order valence-electron chi connectivity index (χ1n) is 6.08. The molecular weight excluding hydrogens is 266 g/mol. The minimum atomic E-state index is -0.879. The van der Waals surface area contributed by atoms with Gasteiger partial charge in [0.25, 0.3) is 0 Å². The van der Waals surface area contributed by atoms with Gasteiger partial charge in [0.2, 0.25) is 11.8 Å². The van der Waals surface area contributed by atoms with Gasteiger partial charge in [-0.3, -0.25) is 9.59 Å². The van der Waals surface area contributed by atoms with E-state index in [9.17, 15) is 18.4 Å². The fourth-order valence-electron chi connectivity index (χ4n) is 1.68. The predicted molar refractivity (Wildman–Crippen MR) is 70.6 cm³/mol. The van der Waals surface area contributed by atoms with E-state index < -0.39 is 35.9 Å². The lowest BCUT2D eigenvalue weighted by Crippen LogP contribution is -2.45. The molecule has 0 saturated heterocycles. The van der Waals surface area contributed by atoms with Crippen molar-refractivity contribution in [2.24, 2.45) is 5.73 Å². The topological polar surface area (TPSA) is 72.2 Å². The van der Waals surface area contributed by atoms with E-state index >= 15 is 0 Å². The second-order valence-corrected chi connectivity index (χ2v) is 4.27. The summed E-state index contributed by atoms with van der Waals surface area (Å²) in [5, 5.41) is 2.36. The van der Waals surface area contributed by atoms with E-state index in [0.29, 0.717) is 12.8 Å². The quantitative estimate of drug-likeness (QED) is 0.743. The van der Waals surface area contributed by atoms with Gasteiger partial charge in [-0.1, -0.05) is 12.1 Å². The lowest BCUT2D eigenvalue weighted by Gasteiger charge is -2.14. The lowest BCUT2D eigenvalue weighted by atomic mass is 10.1. The Morgan fingerprint density at radius 3 is 2.45 bits per heavy atom. The third kappa shape index (κ3) is 4.46.